The van der Waals surface area contributed by atoms with E-state index in [2.05, 4.69) is 38.0 Å². The van der Waals surface area contributed by atoms with E-state index >= 15 is 0 Å². The molecular formula is C18H36N2. The van der Waals surface area contributed by atoms with E-state index in [-0.39, 0.29) is 0 Å². The predicted octanol–water partition coefficient (Wildman–Crippen LogP) is 3.91. The molecule has 20 heavy (non-hydrogen) atoms. The van der Waals surface area contributed by atoms with Crippen LogP contribution in [-0.4, -0.2) is 37.6 Å². The van der Waals surface area contributed by atoms with Gasteiger partial charge in [-0.1, -0.05) is 27.2 Å². The van der Waals surface area contributed by atoms with Gasteiger partial charge < -0.3 is 10.2 Å². The van der Waals surface area contributed by atoms with Gasteiger partial charge in [0.1, 0.15) is 0 Å². The van der Waals surface area contributed by atoms with Crippen LogP contribution in [0.15, 0.2) is 0 Å². The molecule has 2 heteroatoms. The molecule has 1 aliphatic heterocycles. The van der Waals surface area contributed by atoms with E-state index in [0.717, 1.165) is 17.9 Å². The monoisotopic (exact) mass is 280 g/mol. The van der Waals surface area contributed by atoms with Crippen molar-refractivity contribution < 1.29 is 0 Å². The van der Waals surface area contributed by atoms with Gasteiger partial charge in [-0.2, -0.15) is 0 Å². The van der Waals surface area contributed by atoms with Crippen LogP contribution >= 0.6 is 0 Å². The van der Waals surface area contributed by atoms with E-state index in [4.69, 9.17) is 0 Å². The summed E-state index contributed by atoms with van der Waals surface area (Å²) in [6.07, 6.45) is 9.82. The number of hydrogen-bond donors (Lipinski definition) is 1. The summed E-state index contributed by atoms with van der Waals surface area (Å²) in [7, 11) is 2.16. The third-order valence-electron chi connectivity index (χ3n) is 5.90. The molecule has 1 N–H and O–H groups in total. The van der Waals surface area contributed by atoms with Gasteiger partial charge in [-0.3, -0.25) is 0 Å². The Balaban J connectivity index is 1.89. The van der Waals surface area contributed by atoms with Crippen molar-refractivity contribution in [2.24, 2.45) is 17.3 Å². The summed E-state index contributed by atoms with van der Waals surface area (Å²) in [5, 5.41) is 3.59. The first-order valence-electron chi connectivity index (χ1n) is 8.93. The Morgan fingerprint density at radius 2 is 1.95 bits per heavy atom. The fourth-order valence-electron chi connectivity index (χ4n) is 4.46. The van der Waals surface area contributed by atoms with Gasteiger partial charge in [0.25, 0.3) is 0 Å². The van der Waals surface area contributed by atoms with Crippen molar-refractivity contribution >= 4 is 0 Å². The fraction of sp³-hybridized carbons (Fsp3) is 1.00. The van der Waals surface area contributed by atoms with E-state index < -0.39 is 0 Å². The summed E-state index contributed by atoms with van der Waals surface area (Å²) in [5.74, 6) is 1.84. The Morgan fingerprint density at radius 3 is 2.65 bits per heavy atom. The zero-order valence-corrected chi connectivity index (χ0v) is 14.3. The van der Waals surface area contributed by atoms with Crippen LogP contribution in [0.1, 0.15) is 65.7 Å². The van der Waals surface area contributed by atoms with Crippen molar-refractivity contribution in [3.63, 3.8) is 0 Å². The molecule has 2 fully saturated rings. The minimum atomic E-state index is 0.551. The first kappa shape index (κ1) is 16.3. The first-order chi connectivity index (χ1) is 9.54. The van der Waals surface area contributed by atoms with Gasteiger partial charge in [0.05, 0.1) is 0 Å². The Kier molecular flexibility index (Phi) is 5.92. The van der Waals surface area contributed by atoms with Crippen molar-refractivity contribution in [3.05, 3.63) is 0 Å². The molecule has 0 aromatic heterocycles. The molecule has 3 atom stereocenters. The molecule has 1 saturated carbocycles. The fourth-order valence-corrected chi connectivity index (χ4v) is 4.46. The molecule has 0 radical (unpaired) electrons. The van der Waals surface area contributed by atoms with Gasteiger partial charge >= 0.3 is 0 Å². The highest BCUT2D eigenvalue weighted by Crippen LogP contribution is 2.39. The van der Waals surface area contributed by atoms with Crippen LogP contribution in [0.25, 0.3) is 0 Å². The molecule has 0 aromatic rings. The average Bonchev–Trinajstić information content (AvgIpc) is 2.63. The van der Waals surface area contributed by atoms with E-state index in [9.17, 15) is 0 Å². The van der Waals surface area contributed by atoms with Crippen LogP contribution in [-0.2, 0) is 0 Å². The zero-order valence-electron chi connectivity index (χ0n) is 14.3. The van der Waals surface area contributed by atoms with Gasteiger partial charge in [0.2, 0.25) is 0 Å². The second-order valence-corrected chi connectivity index (χ2v) is 8.07. The molecule has 2 nitrogen and oxygen atoms in total. The van der Waals surface area contributed by atoms with Crippen LogP contribution in [0, 0.1) is 17.3 Å². The molecule has 0 spiro atoms. The molecule has 0 aromatic carbocycles. The Bertz CT molecular complexity index is 287. The van der Waals surface area contributed by atoms with Crippen LogP contribution in [0.5, 0.6) is 0 Å². The summed E-state index contributed by atoms with van der Waals surface area (Å²) in [6.45, 7) is 11.3. The average molecular weight is 281 g/mol. The van der Waals surface area contributed by atoms with Gasteiger partial charge in [0, 0.05) is 12.6 Å². The highest BCUT2D eigenvalue weighted by molar-refractivity contribution is 4.90. The largest absolute Gasteiger partial charge is 0.317 e. The van der Waals surface area contributed by atoms with Crippen molar-refractivity contribution in [3.8, 4) is 0 Å². The van der Waals surface area contributed by atoms with Crippen LogP contribution in [0.3, 0.4) is 0 Å². The summed E-state index contributed by atoms with van der Waals surface area (Å²) in [4.78, 5) is 2.77. The van der Waals surface area contributed by atoms with Crippen LogP contribution in [0.4, 0.5) is 0 Å². The topological polar surface area (TPSA) is 15.3 Å². The third-order valence-corrected chi connectivity index (χ3v) is 5.90. The maximum absolute atomic E-state index is 3.59. The molecule has 2 rings (SSSR count). The third kappa shape index (κ3) is 4.46. The summed E-state index contributed by atoms with van der Waals surface area (Å²) in [5.41, 5.74) is 0.551. The second kappa shape index (κ2) is 7.26. The number of rotatable bonds is 4. The molecule has 1 saturated heterocycles. The van der Waals surface area contributed by atoms with Crippen molar-refractivity contribution in [1.29, 1.82) is 0 Å². The second-order valence-electron chi connectivity index (χ2n) is 8.07. The summed E-state index contributed by atoms with van der Waals surface area (Å²) in [6, 6.07) is 0.744. The van der Waals surface area contributed by atoms with Crippen LogP contribution < -0.4 is 5.32 Å². The highest BCUT2D eigenvalue weighted by atomic mass is 15.1. The summed E-state index contributed by atoms with van der Waals surface area (Å²) >= 11 is 0. The minimum Gasteiger partial charge on any atom is -0.317 e. The minimum absolute atomic E-state index is 0.551. The molecule has 118 valence electrons. The standard InChI is InChI=1S/C18H36N2/c1-5-15-7-6-11-20(12-9-15)14-16-13-18(2,3)10-8-17(16)19-4/h15-17,19H,5-14H2,1-4H3. The molecule has 3 unspecified atom stereocenters. The lowest BCUT2D eigenvalue weighted by atomic mass is 9.69. The lowest BCUT2D eigenvalue weighted by molar-refractivity contribution is 0.104. The molecule has 1 aliphatic carbocycles. The SMILES string of the molecule is CCC1CCCN(CC2CC(C)(C)CCC2NC)CC1. The van der Waals surface area contributed by atoms with Gasteiger partial charge in [0.15, 0.2) is 0 Å². The quantitative estimate of drug-likeness (QED) is 0.840. The van der Waals surface area contributed by atoms with Crippen molar-refractivity contribution in [1.82, 2.24) is 10.2 Å². The highest BCUT2D eigenvalue weighted by Gasteiger charge is 2.35. The molecular weight excluding hydrogens is 244 g/mol. The molecule has 2 aliphatic rings. The predicted molar refractivity (Wildman–Crippen MR) is 88.0 cm³/mol. The van der Waals surface area contributed by atoms with Crippen molar-refractivity contribution in [2.75, 3.05) is 26.7 Å². The normalized spacial score (nSPS) is 35.7. The van der Waals surface area contributed by atoms with Gasteiger partial charge in [-0.05, 0) is 75.9 Å². The van der Waals surface area contributed by atoms with Gasteiger partial charge in [-0.15, -0.1) is 0 Å². The zero-order chi connectivity index (χ0) is 14.6. The maximum Gasteiger partial charge on any atom is 0.0105 e. The number of nitrogens with zero attached hydrogens (tertiary/aromatic N) is 1. The lowest BCUT2D eigenvalue weighted by Crippen LogP contribution is -2.46. The number of nitrogens with one attached hydrogen (secondary N) is 1. The van der Waals surface area contributed by atoms with E-state index in [0.29, 0.717) is 5.41 Å². The lowest BCUT2D eigenvalue weighted by Gasteiger charge is -2.42. The molecule has 0 amide bonds. The van der Waals surface area contributed by atoms with Gasteiger partial charge in [-0.25, -0.2) is 0 Å². The maximum atomic E-state index is 3.59. The van der Waals surface area contributed by atoms with E-state index in [1.807, 2.05) is 0 Å². The smallest absolute Gasteiger partial charge is 0.0105 e. The Morgan fingerprint density at radius 1 is 1.15 bits per heavy atom. The van der Waals surface area contributed by atoms with E-state index in [1.165, 1.54) is 64.6 Å². The Labute approximate surface area is 126 Å². The van der Waals surface area contributed by atoms with E-state index in [1.54, 1.807) is 0 Å². The Hall–Kier alpha value is -0.0800. The number of hydrogen-bond acceptors (Lipinski definition) is 2. The van der Waals surface area contributed by atoms with Crippen molar-refractivity contribution in [2.45, 2.75) is 71.8 Å². The number of likely N-dealkylation sites (tertiary alicyclic amines) is 1. The van der Waals surface area contributed by atoms with Crippen LogP contribution in [0.2, 0.25) is 0 Å². The molecule has 0 bridgehead atoms. The summed E-state index contributed by atoms with van der Waals surface area (Å²) < 4.78 is 0. The first-order valence-corrected chi connectivity index (χ1v) is 8.93. The molecule has 1 heterocycles.